The first kappa shape index (κ1) is 12.4. The molecule has 0 saturated heterocycles. The Morgan fingerprint density at radius 3 is 2.65 bits per heavy atom. The van der Waals surface area contributed by atoms with Crippen LogP contribution >= 0.6 is 0 Å². The number of carbonyl (C=O) groups excluding carboxylic acids is 1. The van der Waals surface area contributed by atoms with Crippen molar-refractivity contribution in [3.8, 4) is 0 Å². The van der Waals surface area contributed by atoms with Gasteiger partial charge in [-0.25, -0.2) is 4.39 Å². The van der Waals surface area contributed by atoms with Crippen LogP contribution in [0.25, 0.3) is 11.6 Å². The first-order valence-electron chi connectivity index (χ1n) is 6.29. The van der Waals surface area contributed by atoms with Gasteiger partial charge in [0.2, 0.25) is 0 Å². The van der Waals surface area contributed by atoms with Crippen LogP contribution in [-0.4, -0.2) is 5.91 Å². The van der Waals surface area contributed by atoms with Gasteiger partial charge in [-0.1, -0.05) is 42.5 Å². The van der Waals surface area contributed by atoms with E-state index in [1.54, 1.807) is 18.2 Å². The maximum absolute atomic E-state index is 13.3. The minimum Gasteiger partial charge on any atom is -0.321 e. The third-order valence-corrected chi connectivity index (χ3v) is 3.12. The van der Waals surface area contributed by atoms with Crippen molar-refractivity contribution in [2.24, 2.45) is 0 Å². The number of rotatable bonds is 2. The van der Waals surface area contributed by atoms with E-state index in [4.69, 9.17) is 0 Å². The third-order valence-electron chi connectivity index (χ3n) is 3.12. The van der Waals surface area contributed by atoms with Crippen LogP contribution in [0.5, 0.6) is 0 Å². The van der Waals surface area contributed by atoms with E-state index >= 15 is 0 Å². The van der Waals surface area contributed by atoms with Gasteiger partial charge in [0.15, 0.2) is 0 Å². The summed E-state index contributed by atoms with van der Waals surface area (Å²) in [5, 5.41) is 2.72. The summed E-state index contributed by atoms with van der Waals surface area (Å²) in [6, 6.07) is 14.1. The number of fused-ring (bicyclic) bond motifs is 1. The van der Waals surface area contributed by atoms with Gasteiger partial charge in [-0.3, -0.25) is 4.79 Å². The number of benzene rings is 2. The van der Waals surface area contributed by atoms with Gasteiger partial charge in [0.25, 0.3) is 5.91 Å². The van der Waals surface area contributed by atoms with Gasteiger partial charge >= 0.3 is 0 Å². The van der Waals surface area contributed by atoms with Crippen LogP contribution < -0.4 is 5.32 Å². The van der Waals surface area contributed by atoms with Crippen LogP contribution in [0.2, 0.25) is 0 Å². The Hall–Kier alpha value is -2.68. The van der Waals surface area contributed by atoms with Crippen molar-refractivity contribution in [3.05, 3.63) is 77.6 Å². The Kier molecular flexibility index (Phi) is 3.17. The van der Waals surface area contributed by atoms with Gasteiger partial charge < -0.3 is 5.32 Å². The summed E-state index contributed by atoms with van der Waals surface area (Å²) in [7, 11) is 0. The zero-order valence-corrected chi connectivity index (χ0v) is 10.6. The second-order valence-corrected chi connectivity index (χ2v) is 4.49. The zero-order valence-electron chi connectivity index (χ0n) is 10.6. The molecule has 1 N–H and O–H groups in total. The molecule has 3 rings (SSSR count). The van der Waals surface area contributed by atoms with Crippen molar-refractivity contribution in [2.75, 3.05) is 5.32 Å². The van der Waals surface area contributed by atoms with Gasteiger partial charge in [-0.2, -0.15) is 0 Å². The summed E-state index contributed by atoms with van der Waals surface area (Å²) in [6.07, 6.45) is 5.40. The minimum atomic E-state index is -0.349. The molecule has 3 heteroatoms. The number of anilines is 1. The van der Waals surface area contributed by atoms with Gasteiger partial charge in [0.1, 0.15) is 5.82 Å². The van der Waals surface area contributed by atoms with E-state index in [1.165, 1.54) is 12.1 Å². The van der Waals surface area contributed by atoms with E-state index in [1.807, 2.05) is 36.4 Å². The van der Waals surface area contributed by atoms with Gasteiger partial charge in [-0.05, 0) is 29.8 Å². The van der Waals surface area contributed by atoms with Crippen LogP contribution in [0.4, 0.5) is 10.1 Å². The molecule has 2 aromatic carbocycles. The van der Waals surface area contributed by atoms with Crippen molar-refractivity contribution in [1.29, 1.82) is 0 Å². The smallest absolute Gasteiger partial charge is 0.256 e. The van der Waals surface area contributed by atoms with Crippen molar-refractivity contribution in [3.63, 3.8) is 0 Å². The standard InChI is InChI=1S/C17H12FNO/c18-13-9-10-16-15(11-13)14(17(20)19-16)8-4-7-12-5-2-1-3-6-12/h1-11H,(H,19,20)/b7-4+,14-8+. The highest BCUT2D eigenvalue weighted by atomic mass is 19.1. The molecule has 1 heterocycles. The SMILES string of the molecule is O=C1Nc2ccc(F)cc2/C1=C\C=C\c1ccccc1. The largest absolute Gasteiger partial charge is 0.321 e. The Morgan fingerprint density at radius 1 is 1.05 bits per heavy atom. The Morgan fingerprint density at radius 2 is 1.85 bits per heavy atom. The molecule has 0 atom stereocenters. The number of allylic oxidation sites excluding steroid dienone is 2. The average Bonchev–Trinajstić information content (AvgIpc) is 2.76. The fourth-order valence-electron chi connectivity index (χ4n) is 2.15. The molecule has 1 aliphatic rings. The molecule has 0 saturated carbocycles. The number of hydrogen-bond acceptors (Lipinski definition) is 1. The fourth-order valence-corrected chi connectivity index (χ4v) is 2.15. The monoisotopic (exact) mass is 265 g/mol. The number of halogens is 1. The molecule has 1 amide bonds. The first-order chi connectivity index (χ1) is 9.74. The van der Waals surface area contributed by atoms with E-state index in [-0.39, 0.29) is 11.7 Å². The van der Waals surface area contributed by atoms with Crippen molar-refractivity contribution in [2.45, 2.75) is 0 Å². The zero-order chi connectivity index (χ0) is 13.9. The van der Waals surface area contributed by atoms with Crippen LogP contribution in [0.15, 0.2) is 60.7 Å². The highest BCUT2D eigenvalue weighted by Gasteiger charge is 2.23. The van der Waals surface area contributed by atoms with E-state index in [0.29, 0.717) is 16.8 Å². The van der Waals surface area contributed by atoms with Crippen molar-refractivity contribution in [1.82, 2.24) is 0 Å². The van der Waals surface area contributed by atoms with Crippen LogP contribution in [0, 0.1) is 5.82 Å². The lowest BCUT2D eigenvalue weighted by Gasteiger charge is -1.97. The van der Waals surface area contributed by atoms with Gasteiger partial charge in [0.05, 0.1) is 0 Å². The topological polar surface area (TPSA) is 29.1 Å². The molecule has 0 unspecified atom stereocenters. The molecule has 0 aromatic heterocycles. The van der Waals surface area contributed by atoms with E-state index in [9.17, 15) is 9.18 Å². The fraction of sp³-hybridized carbons (Fsp3) is 0. The first-order valence-corrected chi connectivity index (χ1v) is 6.29. The molecule has 20 heavy (non-hydrogen) atoms. The lowest BCUT2D eigenvalue weighted by molar-refractivity contribution is -0.110. The normalized spacial score (nSPS) is 15.7. The predicted octanol–water partition coefficient (Wildman–Crippen LogP) is 3.87. The lowest BCUT2D eigenvalue weighted by Crippen LogP contribution is -2.03. The summed E-state index contributed by atoms with van der Waals surface area (Å²) in [4.78, 5) is 11.8. The van der Waals surface area contributed by atoms with Crippen LogP contribution in [-0.2, 0) is 4.79 Å². The minimum absolute atomic E-state index is 0.205. The molecular formula is C17H12FNO. The molecule has 0 spiro atoms. The molecule has 0 radical (unpaired) electrons. The maximum Gasteiger partial charge on any atom is 0.256 e. The summed E-state index contributed by atoms with van der Waals surface area (Å²) in [5.74, 6) is -0.554. The summed E-state index contributed by atoms with van der Waals surface area (Å²) in [5.41, 5.74) is 2.78. The molecule has 2 aromatic rings. The highest BCUT2D eigenvalue weighted by molar-refractivity contribution is 6.31. The molecule has 0 fully saturated rings. The molecule has 2 nitrogen and oxygen atoms in total. The number of amides is 1. The Bertz CT molecular complexity index is 717. The molecular weight excluding hydrogens is 253 g/mol. The van der Waals surface area contributed by atoms with E-state index in [2.05, 4.69) is 5.32 Å². The molecule has 98 valence electrons. The Balaban J connectivity index is 1.91. The van der Waals surface area contributed by atoms with E-state index in [0.717, 1.165) is 5.56 Å². The molecule has 0 bridgehead atoms. The maximum atomic E-state index is 13.3. The van der Waals surface area contributed by atoms with Crippen molar-refractivity contribution >= 4 is 23.2 Å². The number of carbonyl (C=O) groups is 1. The van der Waals surface area contributed by atoms with Gasteiger partial charge in [-0.15, -0.1) is 0 Å². The number of nitrogens with one attached hydrogen (secondary N) is 1. The third kappa shape index (κ3) is 2.38. The molecule has 1 aliphatic heterocycles. The Labute approximate surface area is 116 Å². The van der Waals surface area contributed by atoms with Crippen molar-refractivity contribution < 1.29 is 9.18 Å². The lowest BCUT2D eigenvalue weighted by atomic mass is 10.1. The van der Waals surface area contributed by atoms with Gasteiger partial charge in [0, 0.05) is 16.8 Å². The second kappa shape index (κ2) is 5.13. The molecule has 0 aliphatic carbocycles. The summed E-state index contributed by atoms with van der Waals surface area (Å²) in [6.45, 7) is 0. The average molecular weight is 265 g/mol. The van der Waals surface area contributed by atoms with E-state index < -0.39 is 0 Å². The van der Waals surface area contributed by atoms with Crippen LogP contribution in [0.3, 0.4) is 0 Å². The quantitative estimate of drug-likeness (QED) is 0.820. The highest BCUT2D eigenvalue weighted by Crippen LogP contribution is 2.32. The van der Waals surface area contributed by atoms with Crippen LogP contribution in [0.1, 0.15) is 11.1 Å². The number of hydrogen-bond donors (Lipinski definition) is 1. The summed E-state index contributed by atoms with van der Waals surface area (Å²) >= 11 is 0. The summed E-state index contributed by atoms with van der Waals surface area (Å²) < 4.78 is 13.3. The predicted molar refractivity (Wildman–Crippen MR) is 78.5 cm³/mol. The second-order valence-electron chi connectivity index (χ2n) is 4.49.